The van der Waals surface area contributed by atoms with Crippen LogP contribution in [-0.4, -0.2) is 44.9 Å². The van der Waals surface area contributed by atoms with E-state index in [1.807, 2.05) is 30.3 Å². The Bertz CT molecular complexity index is 1190. The second-order valence-corrected chi connectivity index (χ2v) is 8.46. The van der Waals surface area contributed by atoms with Crippen LogP contribution in [-0.2, 0) is 29.2 Å². The van der Waals surface area contributed by atoms with Gasteiger partial charge in [0.25, 0.3) is 5.91 Å². The Morgan fingerprint density at radius 2 is 1.82 bits per heavy atom. The number of benzene rings is 2. The zero-order chi connectivity index (χ0) is 23.6. The van der Waals surface area contributed by atoms with E-state index < -0.39 is 17.4 Å². The molecule has 0 radical (unpaired) electrons. The smallest absolute Gasteiger partial charge is 0.359 e. The predicted octanol–water partition coefficient (Wildman–Crippen LogP) is 3.05. The van der Waals surface area contributed by atoms with E-state index in [9.17, 15) is 14.4 Å². The number of rotatable bonds is 6. The van der Waals surface area contributed by atoms with Crippen molar-refractivity contribution in [1.82, 2.24) is 19.8 Å². The molecule has 1 aliphatic heterocycles. The lowest BCUT2D eigenvalue weighted by Gasteiger charge is -2.43. The minimum atomic E-state index is -1.23. The van der Waals surface area contributed by atoms with Gasteiger partial charge in [-0.15, -0.1) is 0 Å². The predicted molar refractivity (Wildman–Crippen MR) is 122 cm³/mol. The van der Waals surface area contributed by atoms with Crippen LogP contribution < -0.4 is 5.32 Å². The van der Waals surface area contributed by atoms with E-state index in [2.05, 4.69) is 10.3 Å². The fourth-order valence-electron chi connectivity index (χ4n) is 3.92. The second kappa shape index (κ2) is 9.07. The lowest BCUT2D eigenvalue weighted by molar-refractivity contribution is -0.133. The fourth-order valence-corrected chi connectivity index (χ4v) is 4.05. The molecule has 170 valence electrons. The van der Waals surface area contributed by atoms with E-state index >= 15 is 0 Å². The summed E-state index contributed by atoms with van der Waals surface area (Å²) in [4.78, 5) is 44.8. The molecule has 0 saturated carbocycles. The molecule has 33 heavy (non-hydrogen) atoms. The Balaban J connectivity index is 1.69. The number of nitrogens with zero attached hydrogens (tertiary/aromatic N) is 3. The maximum absolute atomic E-state index is 13.6. The van der Waals surface area contributed by atoms with Crippen molar-refractivity contribution in [2.24, 2.45) is 0 Å². The zero-order valence-electron chi connectivity index (χ0n) is 18.2. The Kier molecular flexibility index (Phi) is 6.20. The number of carbonyl (C=O) groups is 3. The summed E-state index contributed by atoms with van der Waals surface area (Å²) >= 11 is 6.01. The van der Waals surface area contributed by atoms with Crippen molar-refractivity contribution in [2.45, 2.75) is 32.1 Å². The summed E-state index contributed by atoms with van der Waals surface area (Å²) in [5.41, 5.74) is 0.533. The van der Waals surface area contributed by atoms with Gasteiger partial charge in [0.15, 0.2) is 5.69 Å². The largest absolute Gasteiger partial charge is 0.464 e. The first kappa shape index (κ1) is 22.5. The molecule has 1 aliphatic rings. The SMILES string of the molecule is COC(=O)c1ncn2c1C(=O)N(Cc1ccc(Cl)cc1)[C@@](C)(C(=O)NCc1ccccc1)C2. The second-order valence-electron chi connectivity index (χ2n) is 8.02. The number of imidazole rings is 1. The molecule has 0 aliphatic carbocycles. The van der Waals surface area contributed by atoms with Gasteiger partial charge in [-0.1, -0.05) is 54.1 Å². The molecule has 1 N–H and O–H groups in total. The number of nitrogens with one attached hydrogen (secondary N) is 1. The maximum Gasteiger partial charge on any atom is 0.359 e. The van der Waals surface area contributed by atoms with Gasteiger partial charge in [-0.05, 0) is 30.2 Å². The minimum Gasteiger partial charge on any atom is -0.464 e. The van der Waals surface area contributed by atoms with Crippen LogP contribution in [0.3, 0.4) is 0 Å². The van der Waals surface area contributed by atoms with Crippen molar-refractivity contribution in [1.29, 1.82) is 0 Å². The molecule has 2 aromatic carbocycles. The standard InChI is InChI=1S/C24H23ClN4O4/c1-24(23(32)26-12-16-6-4-3-5-7-16)14-28-15-27-19(22(31)33-2)20(28)21(30)29(24)13-17-8-10-18(25)11-9-17/h3-11,15H,12-14H2,1-2H3,(H,26,32)/t24-/m1/s1. The van der Waals surface area contributed by atoms with Gasteiger partial charge in [0.05, 0.1) is 20.0 Å². The van der Waals surface area contributed by atoms with E-state index in [1.165, 1.54) is 22.9 Å². The molecule has 1 atom stereocenters. The van der Waals surface area contributed by atoms with E-state index in [1.54, 1.807) is 31.2 Å². The quantitative estimate of drug-likeness (QED) is 0.563. The fraction of sp³-hybridized carbons (Fsp3) is 0.250. The van der Waals surface area contributed by atoms with Crippen LogP contribution in [0.2, 0.25) is 5.02 Å². The molecule has 0 saturated heterocycles. The number of carbonyl (C=O) groups excluding carboxylic acids is 3. The van der Waals surface area contributed by atoms with Gasteiger partial charge in [-0.3, -0.25) is 9.59 Å². The summed E-state index contributed by atoms with van der Waals surface area (Å²) in [5.74, 6) is -1.50. The Morgan fingerprint density at radius 3 is 2.48 bits per heavy atom. The van der Waals surface area contributed by atoms with Crippen molar-refractivity contribution in [3.8, 4) is 0 Å². The summed E-state index contributed by atoms with van der Waals surface area (Å²) in [6.45, 7) is 2.31. The number of ether oxygens (including phenoxy) is 1. The van der Waals surface area contributed by atoms with Crippen molar-refractivity contribution >= 4 is 29.4 Å². The molecule has 0 bridgehead atoms. The van der Waals surface area contributed by atoms with Crippen LogP contribution in [0.4, 0.5) is 0 Å². The first-order chi connectivity index (χ1) is 15.8. The van der Waals surface area contributed by atoms with Gasteiger partial charge in [-0.2, -0.15) is 0 Å². The first-order valence-corrected chi connectivity index (χ1v) is 10.7. The van der Waals surface area contributed by atoms with Crippen LogP contribution in [0.1, 0.15) is 39.0 Å². The van der Waals surface area contributed by atoms with Crippen molar-refractivity contribution in [3.05, 3.63) is 88.5 Å². The summed E-state index contributed by atoms with van der Waals surface area (Å²) in [6.07, 6.45) is 1.39. The van der Waals surface area contributed by atoms with E-state index in [0.29, 0.717) is 11.6 Å². The maximum atomic E-state index is 13.6. The van der Waals surface area contributed by atoms with Crippen LogP contribution in [0.5, 0.6) is 0 Å². The summed E-state index contributed by atoms with van der Waals surface area (Å²) in [6, 6.07) is 16.6. The average Bonchev–Trinajstić information content (AvgIpc) is 3.25. The molecule has 0 fully saturated rings. The first-order valence-electron chi connectivity index (χ1n) is 10.4. The number of hydrogen-bond acceptors (Lipinski definition) is 5. The summed E-state index contributed by atoms with van der Waals surface area (Å²) in [5, 5.41) is 3.51. The van der Waals surface area contributed by atoms with Gasteiger partial charge < -0.3 is 19.5 Å². The molecule has 3 aromatic rings. The Morgan fingerprint density at radius 1 is 1.12 bits per heavy atom. The molecule has 9 heteroatoms. The van der Waals surface area contributed by atoms with Gasteiger partial charge in [0, 0.05) is 18.1 Å². The average molecular weight is 467 g/mol. The molecule has 1 aromatic heterocycles. The molecule has 8 nitrogen and oxygen atoms in total. The van der Waals surface area contributed by atoms with Crippen LogP contribution in [0, 0.1) is 0 Å². The highest BCUT2D eigenvalue weighted by Gasteiger charge is 2.48. The number of esters is 1. The number of amides is 2. The third-order valence-electron chi connectivity index (χ3n) is 5.78. The van der Waals surface area contributed by atoms with E-state index in [4.69, 9.17) is 16.3 Å². The third-order valence-corrected chi connectivity index (χ3v) is 6.03. The molecule has 4 rings (SSSR count). The van der Waals surface area contributed by atoms with Crippen molar-refractivity contribution < 1.29 is 19.1 Å². The lowest BCUT2D eigenvalue weighted by Crippen LogP contribution is -2.63. The van der Waals surface area contributed by atoms with E-state index in [0.717, 1.165) is 11.1 Å². The molecule has 0 spiro atoms. The summed E-state index contributed by atoms with van der Waals surface area (Å²) in [7, 11) is 1.23. The molecule has 2 amide bonds. The number of halogens is 1. The van der Waals surface area contributed by atoms with Crippen molar-refractivity contribution in [3.63, 3.8) is 0 Å². The number of hydrogen-bond donors (Lipinski definition) is 1. The van der Waals surface area contributed by atoms with Crippen LogP contribution in [0.15, 0.2) is 60.9 Å². The Labute approximate surface area is 196 Å². The molecular formula is C24H23ClN4O4. The van der Waals surface area contributed by atoms with Crippen molar-refractivity contribution in [2.75, 3.05) is 7.11 Å². The molecular weight excluding hydrogens is 444 g/mol. The normalized spacial score (nSPS) is 17.4. The summed E-state index contributed by atoms with van der Waals surface area (Å²) < 4.78 is 6.32. The number of aromatic nitrogens is 2. The topological polar surface area (TPSA) is 93.5 Å². The van der Waals surface area contributed by atoms with Crippen LogP contribution >= 0.6 is 11.6 Å². The third kappa shape index (κ3) is 4.34. The van der Waals surface area contributed by atoms with Gasteiger partial charge in [0.1, 0.15) is 11.2 Å². The highest BCUT2D eigenvalue weighted by Crippen LogP contribution is 2.31. The number of methoxy groups -OCH3 is 1. The van der Waals surface area contributed by atoms with Gasteiger partial charge >= 0.3 is 5.97 Å². The highest BCUT2D eigenvalue weighted by molar-refractivity contribution is 6.30. The molecule has 2 heterocycles. The number of fused-ring (bicyclic) bond motifs is 1. The lowest BCUT2D eigenvalue weighted by atomic mass is 9.93. The monoisotopic (exact) mass is 466 g/mol. The zero-order valence-corrected chi connectivity index (χ0v) is 19.0. The highest BCUT2D eigenvalue weighted by atomic mass is 35.5. The van der Waals surface area contributed by atoms with Gasteiger partial charge in [0.2, 0.25) is 5.91 Å². The Hall–Kier alpha value is -3.65. The minimum absolute atomic E-state index is 0.0738. The van der Waals surface area contributed by atoms with E-state index in [-0.39, 0.29) is 30.4 Å². The van der Waals surface area contributed by atoms with Gasteiger partial charge in [-0.25, -0.2) is 9.78 Å². The molecule has 0 unspecified atom stereocenters. The van der Waals surface area contributed by atoms with Crippen LogP contribution in [0.25, 0.3) is 0 Å².